The van der Waals surface area contributed by atoms with E-state index in [4.69, 9.17) is 14.7 Å². The fraction of sp³-hybridized carbons (Fsp3) is 0.476. The lowest BCUT2D eigenvalue weighted by Gasteiger charge is -2.32. The Kier molecular flexibility index (Phi) is 15.1. The smallest absolute Gasteiger partial charge is 0.407 e. The number of nitriles is 1. The van der Waals surface area contributed by atoms with Crippen LogP contribution in [0.2, 0.25) is 0 Å². The van der Waals surface area contributed by atoms with Gasteiger partial charge in [0.05, 0.1) is 18.7 Å². The summed E-state index contributed by atoms with van der Waals surface area (Å²) < 4.78 is 10.6. The third-order valence-corrected chi connectivity index (χ3v) is 9.64. The van der Waals surface area contributed by atoms with Crippen molar-refractivity contribution < 1.29 is 28.7 Å². The third-order valence-electron chi connectivity index (χ3n) is 9.64. The molecule has 0 radical (unpaired) electrons. The SMILES string of the molecule is C=N/C(C(=O)N1CCC(C(=O)c2ccc(OC)cc2)CC1)=C(\C=C(/C)C(=O)NC1CCN(Cc2ccc(C#N)cc2)CC1)CCCNC(=O)OC(C)(C)C. The minimum atomic E-state index is -0.636. The Morgan fingerprint density at radius 1 is 0.981 bits per heavy atom. The number of ether oxygens (including phenoxy) is 2. The number of hydrogen-bond acceptors (Lipinski definition) is 9. The monoisotopic (exact) mass is 738 g/mol. The average Bonchev–Trinajstić information content (AvgIpc) is 3.16. The van der Waals surface area contributed by atoms with Gasteiger partial charge >= 0.3 is 6.09 Å². The molecule has 12 heteroatoms. The fourth-order valence-electron chi connectivity index (χ4n) is 6.64. The molecule has 2 saturated heterocycles. The van der Waals surface area contributed by atoms with E-state index in [0.29, 0.717) is 66.8 Å². The molecule has 12 nitrogen and oxygen atoms in total. The normalized spacial score (nSPS) is 16.4. The van der Waals surface area contributed by atoms with Crippen molar-refractivity contribution in [3.05, 3.63) is 88.1 Å². The maximum atomic E-state index is 13.9. The second-order valence-corrected chi connectivity index (χ2v) is 14.9. The molecular weight excluding hydrogens is 684 g/mol. The van der Waals surface area contributed by atoms with Gasteiger partial charge in [-0.3, -0.25) is 24.3 Å². The topological polar surface area (TPSA) is 153 Å². The van der Waals surface area contributed by atoms with Gasteiger partial charge in [0.15, 0.2) is 5.78 Å². The van der Waals surface area contributed by atoms with Crippen molar-refractivity contribution >= 4 is 30.4 Å². The number of carbonyl (C=O) groups is 4. The maximum absolute atomic E-state index is 13.9. The number of alkyl carbamates (subject to hydrolysis) is 1. The van der Waals surface area contributed by atoms with E-state index in [1.807, 2.05) is 24.3 Å². The van der Waals surface area contributed by atoms with Crippen molar-refractivity contribution in [1.82, 2.24) is 20.4 Å². The van der Waals surface area contributed by atoms with Gasteiger partial charge in [-0.25, -0.2) is 4.79 Å². The summed E-state index contributed by atoms with van der Waals surface area (Å²) in [6.07, 6.45) is 4.59. The van der Waals surface area contributed by atoms with E-state index in [2.05, 4.69) is 33.3 Å². The van der Waals surface area contributed by atoms with Gasteiger partial charge in [0, 0.05) is 62.4 Å². The molecule has 2 N–H and O–H groups in total. The zero-order valence-electron chi connectivity index (χ0n) is 32.3. The molecule has 2 aliphatic heterocycles. The second kappa shape index (κ2) is 19.7. The van der Waals surface area contributed by atoms with Crippen LogP contribution in [0, 0.1) is 17.2 Å². The van der Waals surface area contributed by atoms with Gasteiger partial charge in [-0.1, -0.05) is 12.1 Å². The molecule has 2 fully saturated rings. The van der Waals surface area contributed by atoms with E-state index in [-0.39, 0.29) is 41.8 Å². The highest BCUT2D eigenvalue weighted by Crippen LogP contribution is 2.26. The van der Waals surface area contributed by atoms with Crippen LogP contribution in [-0.4, -0.2) is 91.7 Å². The zero-order chi connectivity index (χ0) is 39.3. The Balaban J connectivity index is 1.41. The minimum absolute atomic E-state index is 0.00377. The van der Waals surface area contributed by atoms with Crippen LogP contribution in [0.4, 0.5) is 4.79 Å². The first kappa shape index (κ1) is 41.5. The molecule has 2 heterocycles. The number of nitrogens with one attached hydrogen (secondary N) is 2. The first-order valence-corrected chi connectivity index (χ1v) is 18.6. The molecule has 0 aliphatic carbocycles. The van der Waals surface area contributed by atoms with Gasteiger partial charge < -0.3 is 25.0 Å². The molecule has 0 unspecified atom stereocenters. The first-order valence-electron chi connectivity index (χ1n) is 18.6. The number of rotatable bonds is 14. The summed E-state index contributed by atoms with van der Waals surface area (Å²) in [5.74, 6) is -0.0204. The standard InChI is InChI=1S/C42H54N6O6/c1-29(39(50)46-35-19-22-47(23-20-35)28-31-11-9-30(27-43)10-12-31)26-34(8-7-21-45-41(52)54-42(2,3)4)37(44-5)40(51)48-24-17-33(18-25-48)38(49)32-13-15-36(53-6)16-14-32/h9-16,26,33,35H,5,7-8,17-25,28H2,1-4,6H3,(H,45,52)(H,46,50)/b29-26+,37-34-. The van der Waals surface area contributed by atoms with E-state index in [0.717, 1.165) is 38.0 Å². The Morgan fingerprint density at radius 2 is 1.63 bits per heavy atom. The highest BCUT2D eigenvalue weighted by Gasteiger charge is 2.30. The van der Waals surface area contributed by atoms with Crippen molar-refractivity contribution in [2.75, 3.05) is 39.8 Å². The third kappa shape index (κ3) is 12.4. The molecule has 0 bridgehead atoms. The van der Waals surface area contributed by atoms with Crippen LogP contribution in [-0.2, 0) is 20.9 Å². The summed E-state index contributed by atoms with van der Waals surface area (Å²) in [6.45, 7) is 14.3. The van der Waals surface area contributed by atoms with Crippen molar-refractivity contribution in [2.45, 2.75) is 84.4 Å². The first-order chi connectivity index (χ1) is 25.8. The number of Topliss-reactive ketones (excluding diaryl/α,β-unsaturated/α-hetero) is 1. The van der Waals surface area contributed by atoms with E-state index in [1.165, 1.54) is 0 Å². The molecule has 2 aromatic rings. The number of piperidine rings is 2. The maximum Gasteiger partial charge on any atom is 0.407 e. The lowest BCUT2D eigenvalue weighted by atomic mass is 9.88. The van der Waals surface area contributed by atoms with E-state index in [9.17, 15) is 19.2 Å². The van der Waals surface area contributed by atoms with Crippen molar-refractivity contribution in [2.24, 2.45) is 10.9 Å². The second-order valence-electron chi connectivity index (χ2n) is 14.9. The zero-order valence-corrected chi connectivity index (χ0v) is 32.3. The van der Waals surface area contributed by atoms with Gasteiger partial charge in [0.25, 0.3) is 5.91 Å². The van der Waals surface area contributed by atoms with Crippen LogP contribution in [0.5, 0.6) is 5.75 Å². The largest absolute Gasteiger partial charge is 0.497 e. The molecular formula is C42H54N6O6. The summed E-state index contributed by atoms with van der Waals surface area (Å²) in [4.78, 5) is 61.1. The quantitative estimate of drug-likeness (QED) is 0.0790. The number of hydrogen-bond donors (Lipinski definition) is 2. The Morgan fingerprint density at radius 3 is 2.20 bits per heavy atom. The number of nitrogens with zero attached hydrogens (tertiary/aromatic N) is 4. The molecule has 0 spiro atoms. The van der Waals surface area contributed by atoms with Crippen molar-refractivity contribution in [3.63, 3.8) is 0 Å². The summed E-state index contributed by atoms with van der Waals surface area (Å²) in [5, 5.41) is 15.0. The number of methoxy groups -OCH3 is 1. The number of carbonyl (C=O) groups excluding carboxylic acids is 4. The Hall–Kier alpha value is -5.28. The van der Waals surface area contributed by atoms with Gasteiger partial charge in [-0.2, -0.15) is 5.26 Å². The highest BCUT2D eigenvalue weighted by atomic mass is 16.6. The predicted octanol–water partition coefficient (Wildman–Crippen LogP) is 5.97. The minimum Gasteiger partial charge on any atom is -0.497 e. The van der Waals surface area contributed by atoms with Crippen LogP contribution in [0.15, 0.2) is 76.4 Å². The van der Waals surface area contributed by atoms with Crippen molar-refractivity contribution in [1.29, 1.82) is 5.26 Å². The van der Waals surface area contributed by atoms with Crippen LogP contribution in [0.25, 0.3) is 0 Å². The molecule has 0 saturated carbocycles. The van der Waals surface area contributed by atoms with Gasteiger partial charge in [0.2, 0.25) is 5.91 Å². The number of benzene rings is 2. The van der Waals surface area contributed by atoms with Gasteiger partial charge in [0.1, 0.15) is 17.0 Å². The summed E-state index contributed by atoms with van der Waals surface area (Å²) >= 11 is 0. The molecule has 0 aromatic heterocycles. The van der Waals surface area contributed by atoms with E-state index in [1.54, 1.807) is 70.0 Å². The fourth-order valence-corrected chi connectivity index (χ4v) is 6.64. The Labute approximate surface area is 319 Å². The van der Waals surface area contributed by atoms with Gasteiger partial charge in [-0.05, 0) is 127 Å². The summed E-state index contributed by atoms with van der Waals surface area (Å²) in [5.41, 5.74) is 2.88. The van der Waals surface area contributed by atoms with Crippen LogP contribution < -0.4 is 15.4 Å². The van der Waals surface area contributed by atoms with E-state index >= 15 is 0 Å². The molecule has 288 valence electrons. The number of ketones is 1. The molecule has 2 aliphatic rings. The van der Waals surface area contributed by atoms with Crippen LogP contribution >= 0.6 is 0 Å². The number of amides is 3. The molecule has 2 aromatic carbocycles. The van der Waals surface area contributed by atoms with E-state index < -0.39 is 11.7 Å². The lowest BCUT2D eigenvalue weighted by Crippen LogP contribution is -2.44. The number of likely N-dealkylation sites (tertiary alicyclic amines) is 2. The predicted molar refractivity (Wildman–Crippen MR) is 208 cm³/mol. The highest BCUT2D eigenvalue weighted by molar-refractivity contribution is 5.99. The number of aliphatic imine (C=N–C) groups is 1. The molecule has 0 atom stereocenters. The molecule has 4 rings (SSSR count). The molecule has 3 amide bonds. The Bertz CT molecular complexity index is 1740. The van der Waals surface area contributed by atoms with Crippen molar-refractivity contribution in [3.8, 4) is 11.8 Å². The van der Waals surface area contributed by atoms with Gasteiger partial charge in [-0.15, -0.1) is 0 Å². The lowest BCUT2D eigenvalue weighted by molar-refractivity contribution is -0.128. The van der Waals surface area contributed by atoms with Crippen LogP contribution in [0.3, 0.4) is 0 Å². The molecule has 54 heavy (non-hydrogen) atoms. The number of allylic oxidation sites excluding steroid dienone is 2. The summed E-state index contributed by atoms with van der Waals surface area (Å²) in [7, 11) is 1.58. The average molecular weight is 739 g/mol. The summed E-state index contributed by atoms with van der Waals surface area (Å²) in [6, 6.07) is 16.8. The van der Waals surface area contributed by atoms with Crippen LogP contribution in [0.1, 0.15) is 87.7 Å².